The molecule has 5 aromatic rings. The molecule has 4 heterocycles. The van der Waals surface area contributed by atoms with Crippen LogP contribution in [0.4, 0.5) is 4.39 Å². The number of hydrogen-bond donors (Lipinski definition) is 2. The smallest absolute Gasteiger partial charge is 0.181 e. The quantitative estimate of drug-likeness (QED) is 0.282. The lowest BCUT2D eigenvalue weighted by molar-refractivity contribution is 0.189. The maximum absolute atomic E-state index is 14.7. The van der Waals surface area contributed by atoms with Crippen molar-refractivity contribution in [1.82, 2.24) is 30.3 Å². The van der Waals surface area contributed by atoms with Crippen LogP contribution in [-0.4, -0.2) is 50.5 Å². The van der Waals surface area contributed by atoms with E-state index in [2.05, 4.69) is 49.6 Å². The third-order valence-corrected chi connectivity index (χ3v) is 7.57. The largest absolute Gasteiger partial charge is 0.496 e. The van der Waals surface area contributed by atoms with Crippen LogP contribution in [0.1, 0.15) is 29.4 Å². The maximum atomic E-state index is 14.7. The normalized spacial score (nSPS) is 16.9. The van der Waals surface area contributed by atoms with E-state index in [-0.39, 0.29) is 11.9 Å². The predicted molar refractivity (Wildman–Crippen MR) is 146 cm³/mol. The lowest BCUT2D eigenvalue weighted by atomic mass is 10.0. The van der Waals surface area contributed by atoms with Gasteiger partial charge in [-0.2, -0.15) is 10.2 Å². The van der Waals surface area contributed by atoms with Crippen molar-refractivity contribution in [2.24, 2.45) is 0 Å². The standard InChI is InChI=1S/C30H27FN6O2/c1-38-27-7-4-5-23(31)22(27)17-37-13-3-2-6-25(37)30-32-29(35-36-30)20-8-10-24-21(16-20)28(34-33-24)19-9-11-26-18(15-19)12-14-39-26/h2-5,7-11,15-16,25H,6,12-14,17H2,1H3,(H,33,34)(H,32,35,36)/t25-/m1/s1. The van der Waals surface area contributed by atoms with Crippen LogP contribution in [0.5, 0.6) is 11.5 Å². The number of aromatic nitrogens is 5. The summed E-state index contributed by atoms with van der Waals surface area (Å²) in [5.41, 5.74) is 5.52. The van der Waals surface area contributed by atoms with E-state index in [1.165, 1.54) is 11.6 Å². The van der Waals surface area contributed by atoms with Gasteiger partial charge in [0.1, 0.15) is 23.1 Å². The minimum atomic E-state index is -0.277. The number of H-pyrrole nitrogens is 2. The van der Waals surface area contributed by atoms with Crippen LogP contribution in [0.15, 0.2) is 66.7 Å². The number of aromatic amines is 2. The highest BCUT2D eigenvalue weighted by atomic mass is 19.1. The molecule has 7 rings (SSSR count). The highest BCUT2D eigenvalue weighted by Gasteiger charge is 2.27. The summed E-state index contributed by atoms with van der Waals surface area (Å²) in [6.45, 7) is 1.80. The number of halogens is 1. The van der Waals surface area contributed by atoms with E-state index in [4.69, 9.17) is 14.5 Å². The van der Waals surface area contributed by atoms with Gasteiger partial charge in [0.15, 0.2) is 5.82 Å². The number of nitrogens with zero attached hydrogens (tertiary/aromatic N) is 4. The van der Waals surface area contributed by atoms with Gasteiger partial charge < -0.3 is 9.47 Å². The molecule has 3 aromatic carbocycles. The molecule has 2 aliphatic rings. The number of fused-ring (bicyclic) bond motifs is 2. The molecular formula is C30H27FN6O2. The van der Waals surface area contributed by atoms with Gasteiger partial charge in [0.2, 0.25) is 0 Å². The van der Waals surface area contributed by atoms with Gasteiger partial charge in [-0.25, -0.2) is 9.37 Å². The fourth-order valence-corrected chi connectivity index (χ4v) is 5.52. The summed E-state index contributed by atoms with van der Waals surface area (Å²) < 4.78 is 25.8. The van der Waals surface area contributed by atoms with Gasteiger partial charge in [0.05, 0.1) is 31.0 Å². The molecule has 2 N–H and O–H groups in total. The summed E-state index contributed by atoms with van der Waals surface area (Å²) in [6.07, 6.45) is 5.89. The third kappa shape index (κ3) is 4.24. The van der Waals surface area contributed by atoms with Crippen LogP contribution < -0.4 is 9.47 Å². The van der Waals surface area contributed by atoms with Crippen LogP contribution >= 0.6 is 0 Å². The third-order valence-electron chi connectivity index (χ3n) is 7.57. The second-order valence-electron chi connectivity index (χ2n) is 9.87. The first-order valence-corrected chi connectivity index (χ1v) is 13.1. The highest BCUT2D eigenvalue weighted by molar-refractivity contribution is 5.95. The summed E-state index contributed by atoms with van der Waals surface area (Å²) in [5.74, 6) is 2.57. The molecule has 0 amide bonds. The zero-order chi connectivity index (χ0) is 26.3. The average Bonchev–Trinajstić information content (AvgIpc) is 3.73. The molecule has 0 radical (unpaired) electrons. The van der Waals surface area contributed by atoms with Crippen molar-refractivity contribution in [3.05, 3.63) is 89.5 Å². The Balaban J connectivity index is 1.19. The molecule has 1 atom stereocenters. The number of rotatable bonds is 6. The lowest BCUT2D eigenvalue weighted by Gasteiger charge is -2.31. The zero-order valence-electron chi connectivity index (χ0n) is 21.4. The van der Waals surface area contributed by atoms with Crippen molar-refractivity contribution in [3.8, 4) is 34.1 Å². The van der Waals surface area contributed by atoms with E-state index >= 15 is 0 Å². The molecule has 0 aliphatic carbocycles. The summed E-state index contributed by atoms with van der Waals surface area (Å²) >= 11 is 0. The van der Waals surface area contributed by atoms with Gasteiger partial charge in [0.25, 0.3) is 0 Å². The van der Waals surface area contributed by atoms with Gasteiger partial charge in [0, 0.05) is 41.6 Å². The molecule has 196 valence electrons. The van der Waals surface area contributed by atoms with Crippen LogP contribution in [0.25, 0.3) is 33.5 Å². The Morgan fingerprint density at radius 1 is 1.05 bits per heavy atom. The van der Waals surface area contributed by atoms with E-state index in [0.29, 0.717) is 30.2 Å². The fourth-order valence-electron chi connectivity index (χ4n) is 5.52. The first-order chi connectivity index (χ1) is 19.2. The molecule has 9 heteroatoms. The van der Waals surface area contributed by atoms with Gasteiger partial charge in [-0.3, -0.25) is 15.1 Å². The van der Waals surface area contributed by atoms with E-state index < -0.39 is 0 Å². The van der Waals surface area contributed by atoms with Crippen LogP contribution in [0.2, 0.25) is 0 Å². The number of benzene rings is 3. The first kappa shape index (κ1) is 23.6. The molecule has 2 aromatic heterocycles. The summed E-state index contributed by atoms with van der Waals surface area (Å²) in [5, 5.41) is 16.5. The van der Waals surface area contributed by atoms with Crippen molar-refractivity contribution in [2.45, 2.75) is 25.4 Å². The molecule has 2 aliphatic heterocycles. The van der Waals surface area contributed by atoms with Crippen LogP contribution in [0.3, 0.4) is 0 Å². The Labute approximate surface area is 224 Å². The minimum absolute atomic E-state index is 0.0672. The van der Waals surface area contributed by atoms with E-state index in [0.717, 1.165) is 58.7 Å². The summed E-state index contributed by atoms with van der Waals surface area (Å²) in [6, 6.07) is 17.2. The number of methoxy groups -OCH3 is 1. The number of nitrogens with one attached hydrogen (secondary N) is 2. The van der Waals surface area contributed by atoms with Gasteiger partial charge in [-0.15, -0.1) is 0 Å². The van der Waals surface area contributed by atoms with Crippen LogP contribution in [-0.2, 0) is 13.0 Å². The maximum Gasteiger partial charge on any atom is 0.181 e. The SMILES string of the molecule is COc1cccc(F)c1CN1CC=CC[C@@H]1c1nc(-c2ccc3[nH]nc(-c4ccc5c(c4)CCO5)c3c2)n[nH]1. The van der Waals surface area contributed by atoms with Crippen molar-refractivity contribution in [1.29, 1.82) is 0 Å². The van der Waals surface area contributed by atoms with Crippen LogP contribution in [0, 0.1) is 5.82 Å². The monoisotopic (exact) mass is 522 g/mol. The Kier molecular flexibility index (Phi) is 5.85. The second kappa shape index (κ2) is 9.67. The molecule has 0 bridgehead atoms. The first-order valence-electron chi connectivity index (χ1n) is 13.1. The number of ether oxygens (including phenoxy) is 2. The molecular weight excluding hydrogens is 495 g/mol. The number of hydrogen-bond acceptors (Lipinski definition) is 6. The van der Waals surface area contributed by atoms with Crippen molar-refractivity contribution in [3.63, 3.8) is 0 Å². The minimum Gasteiger partial charge on any atom is -0.496 e. The van der Waals surface area contributed by atoms with Crippen molar-refractivity contribution < 1.29 is 13.9 Å². The molecule has 0 unspecified atom stereocenters. The van der Waals surface area contributed by atoms with Gasteiger partial charge in [-0.05, 0) is 60.5 Å². The van der Waals surface area contributed by atoms with E-state index in [1.807, 2.05) is 24.3 Å². The predicted octanol–water partition coefficient (Wildman–Crippen LogP) is 5.60. The molecule has 39 heavy (non-hydrogen) atoms. The Morgan fingerprint density at radius 2 is 1.97 bits per heavy atom. The molecule has 0 saturated carbocycles. The fraction of sp³-hybridized carbons (Fsp3) is 0.233. The van der Waals surface area contributed by atoms with Gasteiger partial charge in [-0.1, -0.05) is 18.2 Å². The van der Waals surface area contributed by atoms with Crippen molar-refractivity contribution >= 4 is 10.9 Å². The highest BCUT2D eigenvalue weighted by Crippen LogP contribution is 2.35. The summed E-state index contributed by atoms with van der Waals surface area (Å²) in [7, 11) is 1.57. The topological polar surface area (TPSA) is 91.9 Å². The van der Waals surface area contributed by atoms with Gasteiger partial charge >= 0.3 is 0 Å². The molecule has 8 nitrogen and oxygen atoms in total. The zero-order valence-corrected chi connectivity index (χ0v) is 21.4. The second-order valence-corrected chi connectivity index (χ2v) is 9.87. The van der Waals surface area contributed by atoms with E-state index in [9.17, 15) is 4.39 Å². The average molecular weight is 523 g/mol. The Morgan fingerprint density at radius 3 is 2.90 bits per heavy atom. The Hall–Kier alpha value is -4.50. The van der Waals surface area contributed by atoms with E-state index in [1.54, 1.807) is 19.2 Å². The van der Waals surface area contributed by atoms with Crippen molar-refractivity contribution in [2.75, 3.05) is 20.3 Å². The Bertz CT molecular complexity index is 1710. The lowest BCUT2D eigenvalue weighted by Crippen LogP contribution is -2.32. The molecule has 0 fully saturated rings. The molecule has 0 spiro atoms. The summed E-state index contributed by atoms with van der Waals surface area (Å²) in [4.78, 5) is 7.07. The molecule has 0 saturated heterocycles.